The number of ether oxygens (including phenoxy) is 2. The van der Waals surface area contributed by atoms with Crippen LogP contribution in [0.4, 0.5) is 13.2 Å². The summed E-state index contributed by atoms with van der Waals surface area (Å²) in [5, 5.41) is 4.09. The van der Waals surface area contributed by atoms with Crippen LogP contribution in [0.1, 0.15) is 47.7 Å². The minimum atomic E-state index is -0.729. The van der Waals surface area contributed by atoms with Crippen LogP contribution in [0.3, 0.4) is 0 Å². The van der Waals surface area contributed by atoms with E-state index in [0.717, 1.165) is 5.56 Å². The molecule has 0 spiro atoms. The van der Waals surface area contributed by atoms with Gasteiger partial charge in [0.2, 0.25) is 5.91 Å². The van der Waals surface area contributed by atoms with Crippen LogP contribution in [-0.2, 0) is 27.6 Å². The lowest BCUT2D eigenvalue weighted by Gasteiger charge is -2.42. The number of amides is 1. The van der Waals surface area contributed by atoms with Gasteiger partial charge in [0.05, 0.1) is 30.9 Å². The topological polar surface area (TPSA) is 63.2 Å². The highest BCUT2D eigenvalue weighted by Crippen LogP contribution is 2.34. The maximum Gasteiger partial charge on any atom is 0.245 e. The van der Waals surface area contributed by atoms with Gasteiger partial charge in [0.25, 0.3) is 0 Å². The van der Waals surface area contributed by atoms with Gasteiger partial charge in [-0.25, -0.2) is 18.6 Å². The number of hydrazone groups is 1. The first-order valence-electron chi connectivity index (χ1n) is 10.8. The minimum absolute atomic E-state index is 0.158. The molecule has 2 aromatic rings. The highest BCUT2D eigenvalue weighted by atomic mass is 19.1. The van der Waals surface area contributed by atoms with E-state index in [0.29, 0.717) is 42.1 Å². The van der Waals surface area contributed by atoms with Gasteiger partial charge in [-0.05, 0) is 41.3 Å². The van der Waals surface area contributed by atoms with Gasteiger partial charge in [0.15, 0.2) is 6.29 Å². The van der Waals surface area contributed by atoms with E-state index in [4.69, 9.17) is 9.47 Å². The van der Waals surface area contributed by atoms with Crippen molar-refractivity contribution in [3.63, 3.8) is 0 Å². The summed E-state index contributed by atoms with van der Waals surface area (Å²) in [6, 6.07) is 10.5. The van der Waals surface area contributed by atoms with Crippen molar-refractivity contribution in [2.24, 2.45) is 5.10 Å². The molecule has 0 bridgehead atoms. The maximum atomic E-state index is 13.6. The molecule has 6 nitrogen and oxygen atoms in total. The monoisotopic (exact) mass is 461 g/mol. The molecule has 1 saturated heterocycles. The smallest absolute Gasteiger partial charge is 0.245 e. The van der Waals surface area contributed by atoms with Gasteiger partial charge in [0, 0.05) is 13.1 Å². The van der Waals surface area contributed by atoms with Gasteiger partial charge in [-0.2, -0.15) is 5.10 Å². The Morgan fingerprint density at radius 3 is 2.48 bits per heavy atom. The van der Waals surface area contributed by atoms with Crippen LogP contribution < -0.4 is 5.43 Å². The lowest BCUT2D eigenvalue weighted by atomic mass is 10.0. The van der Waals surface area contributed by atoms with Crippen molar-refractivity contribution < 1.29 is 27.4 Å². The summed E-state index contributed by atoms with van der Waals surface area (Å²) < 4.78 is 52.4. The first kappa shape index (κ1) is 23.4. The summed E-state index contributed by atoms with van der Waals surface area (Å²) >= 11 is 0. The Labute approximate surface area is 190 Å². The van der Waals surface area contributed by atoms with Crippen molar-refractivity contribution >= 4 is 11.6 Å². The largest absolute Gasteiger partial charge is 0.349 e. The van der Waals surface area contributed by atoms with E-state index < -0.39 is 31.8 Å². The predicted octanol–water partition coefficient (Wildman–Crippen LogP) is 4.12. The Morgan fingerprint density at radius 2 is 1.88 bits per heavy atom. The van der Waals surface area contributed by atoms with Gasteiger partial charge in [0.1, 0.15) is 19.2 Å². The van der Waals surface area contributed by atoms with Crippen LogP contribution in [0.2, 0.25) is 0 Å². The second kappa shape index (κ2) is 10.5. The normalized spacial score (nSPS) is 22.2. The lowest BCUT2D eigenvalue weighted by molar-refractivity contribution is -0.227. The molecule has 33 heavy (non-hydrogen) atoms. The van der Waals surface area contributed by atoms with Crippen LogP contribution in [0.5, 0.6) is 0 Å². The number of benzene rings is 2. The van der Waals surface area contributed by atoms with Gasteiger partial charge >= 0.3 is 0 Å². The van der Waals surface area contributed by atoms with Gasteiger partial charge in [-0.15, -0.1) is 0 Å². The third kappa shape index (κ3) is 5.61. The molecule has 1 fully saturated rings. The molecule has 2 aromatic carbocycles. The van der Waals surface area contributed by atoms with Crippen LogP contribution in [-0.4, -0.2) is 42.5 Å². The Morgan fingerprint density at radius 1 is 1.18 bits per heavy atom. The summed E-state index contributed by atoms with van der Waals surface area (Å²) in [6.45, 7) is 1.76. The Hall–Kier alpha value is -2.75. The summed E-state index contributed by atoms with van der Waals surface area (Å²) in [5.74, 6) is -0.515. The Bertz CT molecular complexity index is 994. The first-order chi connectivity index (χ1) is 16.0. The van der Waals surface area contributed by atoms with Crippen molar-refractivity contribution in [2.75, 3.05) is 19.7 Å². The SMILES string of the molecule is C[C@@H](O[C@H]1OCCN(CC2=NNC(=O)C2)[C@H]1c1ccc(F)cc1)c1cc(CF)cc(CF)c1. The van der Waals surface area contributed by atoms with E-state index in [-0.39, 0.29) is 18.1 Å². The number of hydrogen-bond donors (Lipinski definition) is 1. The Kier molecular flexibility index (Phi) is 7.42. The summed E-state index contributed by atoms with van der Waals surface area (Å²) in [6.07, 6.45) is -1.02. The number of rotatable bonds is 8. The standard InChI is InChI=1S/C24H26F3N3O3/c1-15(19-9-16(12-25)8-17(10-19)13-26)33-24-23(18-2-4-20(27)5-3-18)30(6-7-32-24)14-21-11-22(31)29-28-21/h2-5,8-10,15,23-24H,6-7,11-14H2,1H3,(H,29,31)/t15-,23+,24-/m1/s1. The van der Waals surface area contributed by atoms with E-state index in [1.807, 2.05) is 0 Å². The number of morpholine rings is 1. The zero-order valence-corrected chi connectivity index (χ0v) is 18.3. The predicted molar refractivity (Wildman–Crippen MR) is 116 cm³/mol. The van der Waals surface area contributed by atoms with Crippen molar-refractivity contribution in [2.45, 2.75) is 45.1 Å². The molecule has 2 aliphatic heterocycles. The number of alkyl halides is 2. The van der Waals surface area contributed by atoms with E-state index in [1.54, 1.807) is 31.2 Å². The Balaban J connectivity index is 1.59. The molecule has 0 saturated carbocycles. The minimum Gasteiger partial charge on any atom is -0.349 e. The zero-order chi connectivity index (χ0) is 23.4. The molecule has 1 amide bonds. The maximum absolute atomic E-state index is 13.6. The molecular weight excluding hydrogens is 435 g/mol. The molecule has 0 unspecified atom stereocenters. The quantitative estimate of drug-likeness (QED) is 0.643. The second-order valence-electron chi connectivity index (χ2n) is 8.22. The summed E-state index contributed by atoms with van der Waals surface area (Å²) in [7, 11) is 0. The lowest BCUT2D eigenvalue weighted by Crippen LogP contribution is -2.48. The number of nitrogens with zero attached hydrogens (tertiary/aromatic N) is 2. The number of carbonyl (C=O) groups excluding carboxylic acids is 1. The fraction of sp³-hybridized carbons (Fsp3) is 0.417. The summed E-state index contributed by atoms with van der Waals surface area (Å²) in [4.78, 5) is 13.6. The van der Waals surface area contributed by atoms with Gasteiger partial charge in [-0.3, -0.25) is 9.69 Å². The van der Waals surface area contributed by atoms with Gasteiger partial charge in [-0.1, -0.05) is 30.3 Å². The third-order valence-corrected chi connectivity index (χ3v) is 5.80. The number of hydrogen-bond acceptors (Lipinski definition) is 5. The van der Waals surface area contributed by atoms with Crippen LogP contribution in [0.25, 0.3) is 0 Å². The van der Waals surface area contributed by atoms with E-state index >= 15 is 0 Å². The molecule has 0 aliphatic carbocycles. The molecule has 2 heterocycles. The van der Waals surface area contributed by atoms with E-state index in [2.05, 4.69) is 15.4 Å². The molecule has 9 heteroatoms. The van der Waals surface area contributed by atoms with Crippen molar-refractivity contribution in [3.8, 4) is 0 Å². The molecule has 0 radical (unpaired) electrons. The van der Waals surface area contributed by atoms with Crippen LogP contribution >= 0.6 is 0 Å². The van der Waals surface area contributed by atoms with Crippen LogP contribution in [0, 0.1) is 5.82 Å². The van der Waals surface area contributed by atoms with Gasteiger partial charge < -0.3 is 9.47 Å². The number of nitrogens with one attached hydrogen (secondary N) is 1. The molecule has 3 atom stereocenters. The van der Waals surface area contributed by atoms with Crippen molar-refractivity contribution in [3.05, 3.63) is 70.5 Å². The molecule has 176 valence electrons. The number of carbonyl (C=O) groups is 1. The molecule has 4 rings (SSSR count). The number of halogens is 3. The zero-order valence-electron chi connectivity index (χ0n) is 18.3. The fourth-order valence-corrected chi connectivity index (χ4v) is 4.20. The second-order valence-corrected chi connectivity index (χ2v) is 8.22. The molecule has 0 aromatic heterocycles. The van der Waals surface area contributed by atoms with E-state index in [1.165, 1.54) is 18.2 Å². The molecule has 2 aliphatic rings. The van der Waals surface area contributed by atoms with Crippen molar-refractivity contribution in [1.29, 1.82) is 0 Å². The summed E-state index contributed by atoms with van der Waals surface area (Å²) in [5.41, 5.74) is 5.35. The molecule has 1 N–H and O–H groups in total. The average Bonchev–Trinajstić information content (AvgIpc) is 3.24. The third-order valence-electron chi connectivity index (χ3n) is 5.80. The van der Waals surface area contributed by atoms with Crippen LogP contribution in [0.15, 0.2) is 47.6 Å². The highest BCUT2D eigenvalue weighted by molar-refractivity contribution is 6.05. The first-order valence-corrected chi connectivity index (χ1v) is 10.8. The fourth-order valence-electron chi connectivity index (χ4n) is 4.20. The average molecular weight is 461 g/mol. The van der Waals surface area contributed by atoms with E-state index in [9.17, 15) is 18.0 Å². The molecular formula is C24H26F3N3O3. The van der Waals surface area contributed by atoms with Crippen molar-refractivity contribution in [1.82, 2.24) is 10.3 Å². The highest BCUT2D eigenvalue weighted by Gasteiger charge is 2.37.